The van der Waals surface area contributed by atoms with Crippen molar-refractivity contribution in [3.63, 3.8) is 0 Å². The second-order valence-corrected chi connectivity index (χ2v) is 5.63. The molecule has 3 aromatic rings. The first-order valence-electron chi connectivity index (χ1n) is 6.92. The molecule has 7 nitrogen and oxygen atoms in total. The summed E-state index contributed by atoms with van der Waals surface area (Å²) in [6.07, 6.45) is 5.00. The van der Waals surface area contributed by atoms with Crippen molar-refractivity contribution in [2.45, 2.75) is 20.0 Å². The zero-order valence-corrected chi connectivity index (χ0v) is 13.1. The summed E-state index contributed by atoms with van der Waals surface area (Å²) in [5.41, 5.74) is 0.101. The highest BCUT2D eigenvalue weighted by Gasteiger charge is 2.09. The van der Waals surface area contributed by atoms with Gasteiger partial charge in [-0.15, -0.1) is 0 Å². The summed E-state index contributed by atoms with van der Waals surface area (Å²) in [7, 11) is 0. The summed E-state index contributed by atoms with van der Waals surface area (Å²) in [5, 5.41) is 4.98. The molecule has 0 fully saturated rings. The number of nitrogens with zero attached hydrogens (tertiary/aromatic N) is 3. The number of aromatic nitrogens is 3. The van der Waals surface area contributed by atoms with E-state index in [9.17, 15) is 9.59 Å². The maximum Gasteiger partial charge on any atom is 0.331 e. The third kappa shape index (κ3) is 3.54. The van der Waals surface area contributed by atoms with Crippen molar-refractivity contribution in [3.05, 3.63) is 57.4 Å². The number of furan rings is 1. The van der Waals surface area contributed by atoms with Gasteiger partial charge in [0, 0.05) is 12.1 Å². The van der Waals surface area contributed by atoms with Gasteiger partial charge in [-0.3, -0.25) is 4.79 Å². The van der Waals surface area contributed by atoms with Gasteiger partial charge in [0.2, 0.25) is 4.96 Å². The first-order valence-corrected chi connectivity index (χ1v) is 7.74. The summed E-state index contributed by atoms with van der Waals surface area (Å²) in [6, 6.07) is 4.75. The lowest BCUT2D eigenvalue weighted by Crippen LogP contribution is -2.16. The zero-order valence-electron chi connectivity index (χ0n) is 12.3. The number of ether oxygens (including phenoxy) is 1. The van der Waals surface area contributed by atoms with Crippen LogP contribution in [-0.4, -0.2) is 20.6 Å². The molecule has 0 atom stereocenters. The molecule has 0 aliphatic rings. The minimum absolute atomic E-state index is 0.0770. The largest absolute Gasteiger partial charge is 0.465 e. The highest BCUT2D eigenvalue weighted by molar-refractivity contribution is 7.16. The van der Waals surface area contributed by atoms with Crippen LogP contribution < -0.4 is 5.56 Å². The lowest BCUT2D eigenvalue weighted by Gasteiger charge is -2.01. The van der Waals surface area contributed by atoms with Gasteiger partial charge >= 0.3 is 5.97 Å². The van der Waals surface area contributed by atoms with E-state index in [1.807, 2.05) is 6.92 Å². The highest BCUT2D eigenvalue weighted by Crippen LogP contribution is 2.12. The van der Waals surface area contributed by atoms with Crippen LogP contribution in [0.15, 0.2) is 39.7 Å². The lowest BCUT2D eigenvalue weighted by atomic mass is 10.4. The summed E-state index contributed by atoms with van der Waals surface area (Å²) in [4.78, 5) is 28.4. The van der Waals surface area contributed by atoms with Gasteiger partial charge in [-0.2, -0.15) is 9.61 Å². The number of carbonyl (C=O) groups is 1. The Labute approximate surface area is 134 Å². The van der Waals surface area contributed by atoms with Crippen molar-refractivity contribution in [1.82, 2.24) is 14.6 Å². The SMILES string of the molecule is CCc1nn2c(=O)cc(COC(=O)/C=C/c3ccco3)nc2s1. The molecule has 0 unspecified atom stereocenters. The molecule has 0 aromatic carbocycles. The van der Waals surface area contributed by atoms with Gasteiger partial charge in [0.25, 0.3) is 5.56 Å². The van der Waals surface area contributed by atoms with E-state index >= 15 is 0 Å². The quantitative estimate of drug-likeness (QED) is 0.525. The number of carbonyl (C=O) groups excluding carboxylic acids is 1. The van der Waals surface area contributed by atoms with E-state index in [1.165, 1.54) is 40.3 Å². The van der Waals surface area contributed by atoms with Crippen molar-refractivity contribution >= 4 is 28.3 Å². The standard InChI is InChI=1S/C15H13N3O4S/c1-2-12-17-18-13(19)8-10(16-15(18)23-12)9-22-14(20)6-5-11-4-3-7-21-11/h3-8H,2,9H2,1H3/b6-5+. The Morgan fingerprint density at radius 2 is 2.39 bits per heavy atom. The minimum Gasteiger partial charge on any atom is -0.465 e. The fraction of sp³-hybridized carbons (Fsp3) is 0.200. The Morgan fingerprint density at radius 1 is 1.52 bits per heavy atom. The molecule has 0 aliphatic heterocycles. The van der Waals surface area contributed by atoms with Gasteiger partial charge in [0.15, 0.2) is 0 Å². The molecule has 0 amide bonds. The maximum atomic E-state index is 12.0. The van der Waals surface area contributed by atoms with Crippen LogP contribution in [0.3, 0.4) is 0 Å². The molecule has 0 saturated carbocycles. The second kappa shape index (κ2) is 6.57. The van der Waals surface area contributed by atoms with E-state index < -0.39 is 5.97 Å². The Bertz CT molecular complexity index is 909. The van der Waals surface area contributed by atoms with E-state index in [2.05, 4.69) is 10.1 Å². The molecule has 0 spiro atoms. The van der Waals surface area contributed by atoms with Gasteiger partial charge < -0.3 is 9.15 Å². The first-order chi connectivity index (χ1) is 11.2. The molecule has 0 saturated heterocycles. The van der Waals surface area contributed by atoms with Gasteiger partial charge in [0.1, 0.15) is 17.4 Å². The third-order valence-electron chi connectivity index (χ3n) is 2.93. The molecule has 0 bridgehead atoms. The average molecular weight is 331 g/mol. The molecule has 118 valence electrons. The van der Waals surface area contributed by atoms with Crippen LogP contribution in [-0.2, 0) is 22.6 Å². The molecular weight excluding hydrogens is 318 g/mol. The fourth-order valence-electron chi connectivity index (χ4n) is 1.84. The van der Waals surface area contributed by atoms with Crippen LogP contribution in [0.1, 0.15) is 23.4 Å². The second-order valence-electron chi connectivity index (χ2n) is 4.59. The van der Waals surface area contributed by atoms with E-state index in [4.69, 9.17) is 9.15 Å². The van der Waals surface area contributed by atoms with Crippen molar-refractivity contribution in [2.75, 3.05) is 0 Å². The topological polar surface area (TPSA) is 86.7 Å². The molecule has 3 heterocycles. The minimum atomic E-state index is -0.540. The Balaban J connectivity index is 1.69. The highest BCUT2D eigenvalue weighted by atomic mass is 32.1. The van der Waals surface area contributed by atoms with Crippen molar-refractivity contribution < 1.29 is 13.9 Å². The Kier molecular flexibility index (Phi) is 4.33. The predicted molar refractivity (Wildman–Crippen MR) is 84.1 cm³/mol. The van der Waals surface area contributed by atoms with E-state index in [0.29, 0.717) is 16.4 Å². The van der Waals surface area contributed by atoms with E-state index in [1.54, 1.807) is 12.1 Å². The fourth-order valence-corrected chi connectivity index (χ4v) is 2.70. The first kappa shape index (κ1) is 15.2. The molecule has 0 radical (unpaired) electrons. The van der Waals surface area contributed by atoms with Crippen LogP contribution in [0.25, 0.3) is 11.0 Å². The molecule has 3 aromatic heterocycles. The molecule has 0 aliphatic carbocycles. The van der Waals surface area contributed by atoms with Gasteiger partial charge in [-0.05, 0) is 24.6 Å². The van der Waals surface area contributed by atoms with E-state index in [0.717, 1.165) is 11.4 Å². The smallest absolute Gasteiger partial charge is 0.331 e. The van der Waals surface area contributed by atoms with Gasteiger partial charge in [-0.1, -0.05) is 18.3 Å². The Morgan fingerprint density at radius 3 is 3.13 bits per heavy atom. The molecule has 3 rings (SSSR count). The average Bonchev–Trinajstić information content (AvgIpc) is 3.20. The van der Waals surface area contributed by atoms with Crippen LogP contribution in [0.2, 0.25) is 0 Å². The Hall–Kier alpha value is -2.74. The number of aryl methyl sites for hydroxylation is 1. The molecule has 8 heteroatoms. The number of hydrogen-bond donors (Lipinski definition) is 0. The predicted octanol–water partition coefficient (Wildman–Crippen LogP) is 2.06. The van der Waals surface area contributed by atoms with Crippen LogP contribution >= 0.6 is 11.3 Å². The number of rotatable bonds is 5. The number of hydrogen-bond acceptors (Lipinski definition) is 7. The molecular formula is C15H13N3O4S. The van der Waals surface area contributed by atoms with Gasteiger partial charge in [-0.25, -0.2) is 9.78 Å². The van der Waals surface area contributed by atoms with Crippen LogP contribution in [0.5, 0.6) is 0 Å². The van der Waals surface area contributed by atoms with E-state index in [-0.39, 0.29) is 12.2 Å². The number of esters is 1. The number of fused-ring (bicyclic) bond motifs is 1. The van der Waals surface area contributed by atoms with Crippen LogP contribution in [0, 0.1) is 0 Å². The summed E-state index contributed by atoms with van der Waals surface area (Å²) < 4.78 is 11.4. The summed E-state index contributed by atoms with van der Waals surface area (Å²) in [5.74, 6) is 0.0124. The monoisotopic (exact) mass is 331 g/mol. The normalized spacial score (nSPS) is 11.3. The summed E-state index contributed by atoms with van der Waals surface area (Å²) >= 11 is 1.34. The third-order valence-corrected chi connectivity index (χ3v) is 3.98. The lowest BCUT2D eigenvalue weighted by molar-refractivity contribution is -0.139. The van der Waals surface area contributed by atoms with Crippen LogP contribution in [0.4, 0.5) is 0 Å². The summed E-state index contributed by atoms with van der Waals surface area (Å²) in [6.45, 7) is 1.88. The molecule has 23 heavy (non-hydrogen) atoms. The maximum absolute atomic E-state index is 12.0. The van der Waals surface area contributed by atoms with Crippen molar-refractivity contribution in [1.29, 1.82) is 0 Å². The van der Waals surface area contributed by atoms with Crippen molar-refractivity contribution in [3.8, 4) is 0 Å². The zero-order chi connectivity index (χ0) is 16.2. The molecule has 0 N–H and O–H groups in total. The van der Waals surface area contributed by atoms with Crippen molar-refractivity contribution in [2.24, 2.45) is 0 Å². The van der Waals surface area contributed by atoms with Gasteiger partial charge in [0.05, 0.1) is 12.0 Å².